The van der Waals surface area contributed by atoms with Gasteiger partial charge in [0.05, 0.1) is 6.54 Å². The van der Waals surface area contributed by atoms with E-state index < -0.39 is 0 Å². The summed E-state index contributed by atoms with van der Waals surface area (Å²) in [6.45, 7) is 6.80. The Bertz CT molecular complexity index is 516. The lowest BCUT2D eigenvalue weighted by Gasteiger charge is -2.18. The minimum Gasteiger partial charge on any atom is -0.418 e. The Hall–Kier alpha value is -1.27. The fourth-order valence-electron chi connectivity index (χ4n) is 1.27. The highest BCUT2D eigenvalue weighted by Gasteiger charge is 2.13. The van der Waals surface area contributed by atoms with Crippen molar-refractivity contribution in [2.24, 2.45) is 0 Å². The van der Waals surface area contributed by atoms with Gasteiger partial charge in [-0.1, -0.05) is 0 Å². The van der Waals surface area contributed by atoms with Crippen molar-refractivity contribution in [2.75, 3.05) is 0 Å². The van der Waals surface area contributed by atoms with E-state index in [1.165, 1.54) is 0 Å². The summed E-state index contributed by atoms with van der Waals surface area (Å²) >= 11 is 3.33. The number of pyridine rings is 1. The van der Waals surface area contributed by atoms with Crippen molar-refractivity contribution in [3.63, 3.8) is 0 Å². The Morgan fingerprint density at radius 1 is 1.28 bits per heavy atom. The molecule has 2 aromatic rings. The Balaban J connectivity index is 2.08. The van der Waals surface area contributed by atoms with Crippen LogP contribution in [0.5, 0.6) is 0 Å². The largest absolute Gasteiger partial charge is 0.418 e. The first kappa shape index (κ1) is 13.2. The predicted octanol–water partition coefficient (Wildman–Crippen LogP) is 2.78. The maximum atomic E-state index is 5.54. The van der Waals surface area contributed by atoms with E-state index in [4.69, 9.17) is 4.42 Å². The van der Waals surface area contributed by atoms with Gasteiger partial charge in [0.15, 0.2) is 0 Å². The summed E-state index contributed by atoms with van der Waals surface area (Å²) in [5.74, 6) is 0.998. The number of aromatic nitrogens is 3. The molecule has 0 aliphatic carbocycles. The molecule has 0 saturated carbocycles. The standard InChI is InChI=1S/C12H15BrN4O/c1-12(2,3)15-7-10-16-17-11(18-10)9-5-4-8(13)6-14-9/h4-6,15H,7H2,1-3H3. The molecule has 0 fully saturated rings. The van der Waals surface area contributed by atoms with Crippen LogP contribution in [0.15, 0.2) is 27.2 Å². The molecule has 0 spiro atoms. The number of hydrogen-bond acceptors (Lipinski definition) is 5. The Kier molecular flexibility index (Phi) is 3.77. The minimum atomic E-state index is 0.0183. The molecule has 0 amide bonds. The van der Waals surface area contributed by atoms with Gasteiger partial charge >= 0.3 is 0 Å². The molecule has 18 heavy (non-hydrogen) atoms. The van der Waals surface area contributed by atoms with Crippen LogP contribution in [-0.2, 0) is 6.54 Å². The molecule has 0 aromatic carbocycles. The van der Waals surface area contributed by atoms with E-state index in [1.807, 2.05) is 12.1 Å². The highest BCUT2D eigenvalue weighted by atomic mass is 79.9. The zero-order valence-corrected chi connectivity index (χ0v) is 12.2. The van der Waals surface area contributed by atoms with Gasteiger partial charge in [-0.15, -0.1) is 10.2 Å². The summed E-state index contributed by atoms with van der Waals surface area (Å²) < 4.78 is 6.46. The Morgan fingerprint density at radius 3 is 2.67 bits per heavy atom. The van der Waals surface area contributed by atoms with Crippen LogP contribution in [0.3, 0.4) is 0 Å². The van der Waals surface area contributed by atoms with Gasteiger partial charge < -0.3 is 9.73 Å². The van der Waals surface area contributed by atoms with Crippen LogP contribution in [0.2, 0.25) is 0 Å². The van der Waals surface area contributed by atoms with Crippen LogP contribution in [0.4, 0.5) is 0 Å². The van der Waals surface area contributed by atoms with Crippen molar-refractivity contribution in [3.05, 3.63) is 28.7 Å². The van der Waals surface area contributed by atoms with Crippen LogP contribution in [0.1, 0.15) is 26.7 Å². The van der Waals surface area contributed by atoms with E-state index in [0.29, 0.717) is 24.0 Å². The third-order valence-electron chi connectivity index (χ3n) is 2.18. The number of halogens is 1. The zero-order chi connectivity index (χ0) is 13.2. The molecule has 1 N–H and O–H groups in total. The van der Waals surface area contributed by atoms with Gasteiger partial charge in [-0.2, -0.15) is 0 Å². The second kappa shape index (κ2) is 5.16. The topological polar surface area (TPSA) is 63.8 Å². The lowest BCUT2D eigenvalue weighted by molar-refractivity contribution is 0.383. The summed E-state index contributed by atoms with van der Waals surface area (Å²) in [6, 6.07) is 3.72. The van der Waals surface area contributed by atoms with Crippen molar-refractivity contribution in [1.82, 2.24) is 20.5 Å². The summed E-state index contributed by atoms with van der Waals surface area (Å²) in [5, 5.41) is 11.3. The SMILES string of the molecule is CC(C)(C)NCc1nnc(-c2ccc(Br)cn2)o1. The molecule has 6 heteroatoms. The molecule has 0 bridgehead atoms. The third-order valence-corrected chi connectivity index (χ3v) is 2.65. The molecule has 96 valence electrons. The van der Waals surface area contributed by atoms with Gasteiger partial charge in [-0.05, 0) is 48.8 Å². The smallest absolute Gasteiger partial charge is 0.266 e. The summed E-state index contributed by atoms with van der Waals surface area (Å²) in [5.41, 5.74) is 0.692. The van der Waals surface area contributed by atoms with Crippen LogP contribution < -0.4 is 5.32 Å². The van der Waals surface area contributed by atoms with Gasteiger partial charge in [-0.25, -0.2) is 4.98 Å². The van der Waals surface area contributed by atoms with Crippen LogP contribution in [0.25, 0.3) is 11.6 Å². The average molecular weight is 311 g/mol. The van der Waals surface area contributed by atoms with Gasteiger partial charge in [-0.3, -0.25) is 0 Å². The second-order valence-corrected chi connectivity index (χ2v) is 5.88. The molecule has 2 aromatic heterocycles. The zero-order valence-electron chi connectivity index (χ0n) is 10.6. The summed E-state index contributed by atoms with van der Waals surface area (Å²) in [6.07, 6.45) is 1.70. The molecule has 0 unspecified atom stereocenters. The molecule has 0 aliphatic rings. The van der Waals surface area contributed by atoms with E-state index in [1.54, 1.807) is 6.20 Å². The highest BCUT2D eigenvalue weighted by molar-refractivity contribution is 9.10. The van der Waals surface area contributed by atoms with Gasteiger partial charge in [0.25, 0.3) is 5.89 Å². The molecule has 5 nitrogen and oxygen atoms in total. The van der Waals surface area contributed by atoms with Crippen LogP contribution >= 0.6 is 15.9 Å². The van der Waals surface area contributed by atoms with E-state index in [0.717, 1.165) is 4.47 Å². The summed E-state index contributed by atoms with van der Waals surface area (Å²) in [7, 11) is 0. The number of rotatable bonds is 3. The average Bonchev–Trinajstić information content (AvgIpc) is 2.75. The van der Waals surface area contributed by atoms with Crippen molar-refractivity contribution in [1.29, 1.82) is 0 Å². The normalized spacial score (nSPS) is 11.8. The van der Waals surface area contributed by atoms with Crippen LogP contribution in [-0.4, -0.2) is 20.7 Å². The van der Waals surface area contributed by atoms with E-state index in [9.17, 15) is 0 Å². The Labute approximate surface area is 114 Å². The molecule has 2 rings (SSSR count). The first-order valence-electron chi connectivity index (χ1n) is 5.63. The van der Waals surface area contributed by atoms with E-state index >= 15 is 0 Å². The summed E-state index contributed by atoms with van der Waals surface area (Å²) in [4.78, 5) is 4.21. The monoisotopic (exact) mass is 310 g/mol. The predicted molar refractivity (Wildman–Crippen MR) is 71.8 cm³/mol. The molecule has 0 atom stereocenters. The number of nitrogens with zero attached hydrogens (tertiary/aromatic N) is 3. The van der Waals surface area contributed by atoms with E-state index in [-0.39, 0.29) is 5.54 Å². The fraction of sp³-hybridized carbons (Fsp3) is 0.417. The van der Waals surface area contributed by atoms with Crippen molar-refractivity contribution < 1.29 is 4.42 Å². The lowest BCUT2D eigenvalue weighted by atomic mass is 10.1. The molecule has 0 saturated heterocycles. The second-order valence-electron chi connectivity index (χ2n) is 4.97. The number of nitrogens with one attached hydrogen (secondary N) is 1. The maximum Gasteiger partial charge on any atom is 0.266 e. The first-order valence-corrected chi connectivity index (χ1v) is 6.43. The molecule has 0 radical (unpaired) electrons. The molecular formula is C12H15BrN4O. The quantitative estimate of drug-likeness (QED) is 0.944. The molecule has 0 aliphatic heterocycles. The fourth-order valence-corrected chi connectivity index (χ4v) is 1.51. The van der Waals surface area contributed by atoms with Crippen molar-refractivity contribution in [3.8, 4) is 11.6 Å². The number of hydrogen-bond donors (Lipinski definition) is 1. The van der Waals surface area contributed by atoms with Gasteiger partial charge in [0.1, 0.15) is 5.69 Å². The third kappa shape index (κ3) is 3.61. The lowest BCUT2D eigenvalue weighted by Crippen LogP contribution is -2.35. The van der Waals surface area contributed by atoms with Crippen LogP contribution in [0, 0.1) is 0 Å². The molecular weight excluding hydrogens is 296 g/mol. The van der Waals surface area contributed by atoms with Crippen molar-refractivity contribution >= 4 is 15.9 Å². The maximum absolute atomic E-state index is 5.54. The Morgan fingerprint density at radius 2 is 2.06 bits per heavy atom. The first-order chi connectivity index (χ1) is 8.44. The van der Waals surface area contributed by atoms with E-state index in [2.05, 4.69) is 57.2 Å². The molecule has 2 heterocycles. The van der Waals surface area contributed by atoms with Crippen molar-refractivity contribution in [2.45, 2.75) is 32.9 Å². The van der Waals surface area contributed by atoms with Gasteiger partial charge in [0.2, 0.25) is 5.89 Å². The highest BCUT2D eigenvalue weighted by Crippen LogP contribution is 2.17. The minimum absolute atomic E-state index is 0.0183. The van der Waals surface area contributed by atoms with Gasteiger partial charge in [0, 0.05) is 16.2 Å².